The highest BCUT2D eigenvalue weighted by Gasteiger charge is 2.32. The third-order valence-corrected chi connectivity index (χ3v) is 4.13. The molecule has 2 fully saturated rings. The Balaban J connectivity index is 1.77. The van der Waals surface area contributed by atoms with Crippen molar-refractivity contribution in [2.75, 3.05) is 45.8 Å². The van der Waals surface area contributed by atoms with Crippen LogP contribution in [0.25, 0.3) is 0 Å². The van der Waals surface area contributed by atoms with Crippen LogP contribution in [0.2, 0.25) is 0 Å². The van der Waals surface area contributed by atoms with E-state index in [1.54, 1.807) is 0 Å². The van der Waals surface area contributed by atoms with Crippen molar-refractivity contribution in [2.45, 2.75) is 20.3 Å². The summed E-state index contributed by atoms with van der Waals surface area (Å²) >= 11 is 0. The van der Waals surface area contributed by atoms with E-state index >= 15 is 0 Å². The SMILES string of the molecule is CCCN1CCN(C(=O)C(C)C2CNC2)CC1. The Morgan fingerprint density at radius 3 is 2.41 bits per heavy atom. The molecule has 0 saturated carbocycles. The molecule has 17 heavy (non-hydrogen) atoms. The Hall–Kier alpha value is -0.610. The van der Waals surface area contributed by atoms with Crippen LogP contribution >= 0.6 is 0 Å². The predicted molar refractivity (Wildman–Crippen MR) is 68.8 cm³/mol. The number of nitrogens with one attached hydrogen (secondary N) is 1. The Labute approximate surface area is 104 Å². The summed E-state index contributed by atoms with van der Waals surface area (Å²) in [5.74, 6) is 1.14. The van der Waals surface area contributed by atoms with Gasteiger partial charge in [0.1, 0.15) is 0 Å². The number of nitrogens with zero attached hydrogens (tertiary/aromatic N) is 2. The fourth-order valence-electron chi connectivity index (χ4n) is 2.66. The van der Waals surface area contributed by atoms with Crippen molar-refractivity contribution in [3.8, 4) is 0 Å². The third kappa shape index (κ3) is 2.99. The molecule has 0 aromatic carbocycles. The molecule has 0 spiro atoms. The van der Waals surface area contributed by atoms with Gasteiger partial charge in [-0.3, -0.25) is 9.69 Å². The molecule has 0 aromatic heterocycles. The average molecular weight is 239 g/mol. The highest BCUT2D eigenvalue weighted by Crippen LogP contribution is 2.19. The molecule has 2 saturated heterocycles. The summed E-state index contributed by atoms with van der Waals surface area (Å²) in [6.45, 7) is 11.4. The number of amides is 1. The van der Waals surface area contributed by atoms with Crippen LogP contribution in [0.5, 0.6) is 0 Å². The van der Waals surface area contributed by atoms with Gasteiger partial charge < -0.3 is 10.2 Å². The van der Waals surface area contributed by atoms with E-state index in [0.29, 0.717) is 11.8 Å². The van der Waals surface area contributed by atoms with E-state index in [-0.39, 0.29) is 5.92 Å². The van der Waals surface area contributed by atoms with Gasteiger partial charge >= 0.3 is 0 Å². The molecule has 98 valence electrons. The van der Waals surface area contributed by atoms with E-state index < -0.39 is 0 Å². The molecule has 2 aliphatic heterocycles. The van der Waals surface area contributed by atoms with Gasteiger partial charge in [-0.2, -0.15) is 0 Å². The normalized spacial score (nSPS) is 24.5. The van der Waals surface area contributed by atoms with E-state index in [4.69, 9.17) is 0 Å². The van der Waals surface area contributed by atoms with Crippen molar-refractivity contribution >= 4 is 5.91 Å². The number of rotatable bonds is 4. The molecule has 4 nitrogen and oxygen atoms in total. The maximum absolute atomic E-state index is 12.3. The number of hydrogen-bond acceptors (Lipinski definition) is 3. The molecular formula is C13H25N3O. The summed E-state index contributed by atoms with van der Waals surface area (Å²) in [5, 5.41) is 3.24. The predicted octanol–water partition coefficient (Wildman–Crippen LogP) is 0.396. The molecule has 0 radical (unpaired) electrons. The zero-order valence-corrected chi connectivity index (χ0v) is 11.1. The lowest BCUT2D eigenvalue weighted by Crippen LogP contribution is -2.54. The van der Waals surface area contributed by atoms with Gasteiger partial charge in [0.05, 0.1) is 0 Å². The van der Waals surface area contributed by atoms with Crippen molar-refractivity contribution in [3.63, 3.8) is 0 Å². The molecule has 1 unspecified atom stereocenters. The van der Waals surface area contributed by atoms with Crippen LogP contribution in [0.1, 0.15) is 20.3 Å². The second-order valence-electron chi connectivity index (χ2n) is 5.37. The zero-order chi connectivity index (χ0) is 12.3. The lowest BCUT2D eigenvalue weighted by atomic mass is 9.88. The third-order valence-electron chi connectivity index (χ3n) is 4.13. The average Bonchev–Trinajstić information content (AvgIpc) is 2.27. The molecule has 1 amide bonds. The number of piperazine rings is 1. The molecule has 2 aliphatic rings. The van der Waals surface area contributed by atoms with Gasteiger partial charge in [-0.25, -0.2) is 0 Å². The van der Waals surface area contributed by atoms with Crippen molar-refractivity contribution in [2.24, 2.45) is 11.8 Å². The molecule has 1 atom stereocenters. The maximum atomic E-state index is 12.3. The Bertz CT molecular complexity index is 257. The van der Waals surface area contributed by atoms with Crippen LogP contribution < -0.4 is 5.32 Å². The molecular weight excluding hydrogens is 214 g/mol. The lowest BCUT2D eigenvalue weighted by Gasteiger charge is -2.39. The lowest BCUT2D eigenvalue weighted by molar-refractivity contribution is -0.139. The number of carbonyl (C=O) groups is 1. The van der Waals surface area contributed by atoms with E-state index in [0.717, 1.165) is 39.3 Å². The molecule has 0 aromatic rings. The van der Waals surface area contributed by atoms with Crippen LogP contribution in [0, 0.1) is 11.8 Å². The topological polar surface area (TPSA) is 35.6 Å². The van der Waals surface area contributed by atoms with Crippen LogP contribution in [0.4, 0.5) is 0 Å². The first-order valence-electron chi connectivity index (χ1n) is 6.94. The minimum atomic E-state index is 0.203. The first kappa shape index (κ1) is 12.8. The van der Waals surface area contributed by atoms with Crippen molar-refractivity contribution in [3.05, 3.63) is 0 Å². The smallest absolute Gasteiger partial charge is 0.225 e. The van der Waals surface area contributed by atoms with Gasteiger partial charge in [0.2, 0.25) is 5.91 Å². The quantitative estimate of drug-likeness (QED) is 0.771. The monoisotopic (exact) mass is 239 g/mol. The molecule has 2 heterocycles. The summed E-state index contributed by atoms with van der Waals surface area (Å²) in [4.78, 5) is 16.8. The highest BCUT2D eigenvalue weighted by atomic mass is 16.2. The van der Waals surface area contributed by atoms with Crippen molar-refractivity contribution in [1.29, 1.82) is 0 Å². The van der Waals surface area contributed by atoms with Crippen molar-refractivity contribution < 1.29 is 4.79 Å². The van der Waals surface area contributed by atoms with Crippen LogP contribution in [-0.2, 0) is 4.79 Å². The summed E-state index contributed by atoms with van der Waals surface area (Å²) in [5.41, 5.74) is 0. The van der Waals surface area contributed by atoms with Gasteiger partial charge in [0, 0.05) is 32.1 Å². The molecule has 2 rings (SSSR count). The summed E-state index contributed by atoms with van der Waals surface area (Å²) < 4.78 is 0. The second-order valence-corrected chi connectivity index (χ2v) is 5.37. The standard InChI is InChI=1S/C13H25N3O/c1-3-4-15-5-7-16(8-6-15)13(17)11(2)12-9-14-10-12/h11-12,14H,3-10H2,1-2H3. The zero-order valence-electron chi connectivity index (χ0n) is 11.1. The Kier molecular flexibility index (Phi) is 4.40. The van der Waals surface area contributed by atoms with E-state index in [1.165, 1.54) is 13.0 Å². The Morgan fingerprint density at radius 1 is 1.29 bits per heavy atom. The van der Waals surface area contributed by atoms with Crippen LogP contribution in [0.15, 0.2) is 0 Å². The minimum Gasteiger partial charge on any atom is -0.340 e. The Morgan fingerprint density at radius 2 is 1.94 bits per heavy atom. The molecule has 0 aliphatic carbocycles. The van der Waals surface area contributed by atoms with Crippen LogP contribution in [-0.4, -0.2) is 61.5 Å². The van der Waals surface area contributed by atoms with Gasteiger partial charge in [-0.1, -0.05) is 13.8 Å². The second kappa shape index (κ2) is 5.83. The van der Waals surface area contributed by atoms with Crippen molar-refractivity contribution in [1.82, 2.24) is 15.1 Å². The van der Waals surface area contributed by atoms with E-state index in [9.17, 15) is 4.79 Å². The first-order chi connectivity index (χ1) is 8.22. The number of carbonyl (C=O) groups excluding carboxylic acids is 1. The molecule has 1 N–H and O–H groups in total. The minimum absolute atomic E-state index is 0.203. The fraction of sp³-hybridized carbons (Fsp3) is 0.923. The fourth-order valence-corrected chi connectivity index (χ4v) is 2.66. The molecule has 4 heteroatoms. The summed E-state index contributed by atoms with van der Waals surface area (Å²) in [6, 6.07) is 0. The van der Waals surface area contributed by atoms with Crippen LogP contribution in [0.3, 0.4) is 0 Å². The first-order valence-corrected chi connectivity index (χ1v) is 6.94. The number of hydrogen-bond donors (Lipinski definition) is 1. The van der Waals surface area contributed by atoms with Gasteiger partial charge in [0.15, 0.2) is 0 Å². The van der Waals surface area contributed by atoms with E-state index in [2.05, 4.69) is 29.0 Å². The van der Waals surface area contributed by atoms with Gasteiger partial charge in [-0.15, -0.1) is 0 Å². The molecule has 0 bridgehead atoms. The summed E-state index contributed by atoms with van der Waals surface area (Å²) in [6.07, 6.45) is 1.21. The van der Waals surface area contributed by atoms with E-state index in [1.807, 2.05) is 0 Å². The van der Waals surface area contributed by atoms with Gasteiger partial charge in [0.25, 0.3) is 0 Å². The largest absolute Gasteiger partial charge is 0.340 e. The summed E-state index contributed by atoms with van der Waals surface area (Å²) in [7, 11) is 0. The highest BCUT2D eigenvalue weighted by molar-refractivity contribution is 5.79. The van der Waals surface area contributed by atoms with Gasteiger partial charge in [-0.05, 0) is 32.0 Å². The maximum Gasteiger partial charge on any atom is 0.225 e.